The molecule has 1 saturated heterocycles. The second-order valence-corrected chi connectivity index (χ2v) is 7.04. The lowest BCUT2D eigenvalue weighted by Gasteiger charge is -2.37. The molecule has 0 aromatic carbocycles. The highest BCUT2D eigenvalue weighted by Gasteiger charge is 2.40. The predicted octanol–water partition coefficient (Wildman–Crippen LogP) is 2.24. The maximum absolute atomic E-state index is 5.79. The maximum Gasteiger partial charge on any atom is 0.168 e. The fourth-order valence-corrected chi connectivity index (χ4v) is 3.37. The summed E-state index contributed by atoms with van der Waals surface area (Å²) < 4.78 is 11.6. The van der Waals surface area contributed by atoms with E-state index in [9.17, 15) is 0 Å². The number of nitrogens with one attached hydrogen (secondary N) is 1. The SMILES string of the molecule is CC(C)CC(CNC1CCC2(CC1)OCCO2)N(C)C. The Labute approximate surface area is 124 Å². The molecular weight excluding hydrogens is 252 g/mol. The monoisotopic (exact) mass is 284 g/mol. The topological polar surface area (TPSA) is 33.7 Å². The van der Waals surface area contributed by atoms with Crippen LogP contribution in [0.2, 0.25) is 0 Å². The van der Waals surface area contributed by atoms with Crippen LogP contribution in [0.15, 0.2) is 0 Å². The quantitative estimate of drug-likeness (QED) is 0.811. The molecule has 1 heterocycles. The van der Waals surface area contributed by atoms with Crippen LogP contribution in [0.4, 0.5) is 0 Å². The van der Waals surface area contributed by atoms with Crippen LogP contribution in [0.3, 0.4) is 0 Å². The number of rotatable bonds is 6. The minimum absolute atomic E-state index is 0.225. The molecule has 4 nitrogen and oxygen atoms in total. The van der Waals surface area contributed by atoms with Gasteiger partial charge in [0.25, 0.3) is 0 Å². The van der Waals surface area contributed by atoms with Gasteiger partial charge >= 0.3 is 0 Å². The Hall–Kier alpha value is -0.160. The van der Waals surface area contributed by atoms with E-state index in [2.05, 4.69) is 38.2 Å². The number of ether oxygens (including phenoxy) is 2. The molecule has 0 radical (unpaired) electrons. The van der Waals surface area contributed by atoms with Gasteiger partial charge in [-0.2, -0.15) is 0 Å². The normalized spacial score (nSPS) is 24.9. The molecule has 1 aliphatic carbocycles. The molecule has 0 aromatic rings. The second-order valence-electron chi connectivity index (χ2n) is 7.04. The van der Waals surface area contributed by atoms with Crippen molar-refractivity contribution in [1.29, 1.82) is 0 Å². The molecule has 1 saturated carbocycles. The van der Waals surface area contributed by atoms with Crippen molar-refractivity contribution >= 4 is 0 Å². The summed E-state index contributed by atoms with van der Waals surface area (Å²) in [7, 11) is 4.37. The van der Waals surface area contributed by atoms with Gasteiger partial charge in [0.2, 0.25) is 0 Å². The van der Waals surface area contributed by atoms with Crippen LogP contribution >= 0.6 is 0 Å². The molecule has 2 fully saturated rings. The fourth-order valence-electron chi connectivity index (χ4n) is 3.37. The summed E-state index contributed by atoms with van der Waals surface area (Å²) in [5.41, 5.74) is 0. The largest absolute Gasteiger partial charge is 0.348 e. The van der Waals surface area contributed by atoms with Crippen molar-refractivity contribution in [3.8, 4) is 0 Å². The van der Waals surface area contributed by atoms with E-state index in [-0.39, 0.29) is 5.79 Å². The van der Waals surface area contributed by atoms with Crippen molar-refractivity contribution in [3.05, 3.63) is 0 Å². The van der Waals surface area contributed by atoms with Crippen molar-refractivity contribution < 1.29 is 9.47 Å². The Morgan fingerprint density at radius 2 is 1.75 bits per heavy atom. The van der Waals surface area contributed by atoms with Crippen molar-refractivity contribution in [1.82, 2.24) is 10.2 Å². The lowest BCUT2D eigenvalue weighted by atomic mass is 9.89. The van der Waals surface area contributed by atoms with Gasteiger partial charge in [-0.25, -0.2) is 0 Å². The zero-order valence-corrected chi connectivity index (χ0v) is 13.7. The third-order valence-electron chi connectivity index (χ3n) is 4.68. The first-order valence-corrected chi connectivity index (χ1v) is 8.18. The zero-order valence-electron chi connectivity index (χ0n) is 13.7. The highest BCUT2D eigenvalue weighted by molar-refractivity contribution is 4.86. The van der Waals surface area contributed by atoms with Gasteiger partial charge in [0.1, 0.15) is 0 Å². The summed E-state index contributed by atoms with van der Waals surface area (Å²) >= 11 is 0. The van der Waals surface area contributed by atoms with Crippen molar-refractivity contribution in [2.75, 3.05) is 33.9 Å². The molecule has 20 heavy (non-hydrogen) atoms. The number of hydrogen-bond donors (Lipinski definition) is 1. The Bertz CT molecular complexity index is 278. The lowest BCUT2D eigenvalue weighted by molar-refractivity contribution is -0.179. The van der Waals surface area contributed by atoms with Crippen LogP contribution in [0.5, 0.6) is 0 Å². The minimum atomic E-state index is -0.225. The van der Waals surface area contributed by atoms with E-state index in [1.807, 2.05) is 0 Å². The van der Waals surface area contributed by atoms with Crippen LogP contribution in [0.25, 0.3) is 0 Å². The summed E-state index contributed by atoms with van der Waals surface area (Å²) in [6.07, 6.45) is 5.68. The molecule has 1 N–H and O–H groups in total. The van der Waals surface area contributed by atoms with Crippen molar-refractivity contribution in [2.45, 2.75) is 63.8 Å². The van der Waals surface area contributed by atoms with Gasteiger partial charge in [-0.05, 0) is 39.3 Å². The standard InChI is InChI=1S/C16H32N2O2/c1-13(2)11-15(18(3)4)12-17-14-5-7-16(8-6-14)19-9-10-20-16/h13-15,17H,5-12H2,1-4H3. The third-order valence-corrected chi connectivity index (χ3v) is 4.68. The Morgan fingerprint density at radius 1 is 1.15 bits per heavy atom. The third kappa shape index (κ3) is 4.42. The van der Waals surface area contributed by atoms with Crippen LogP contribution in [0, 0.1) is 5.92 Å². The first kappa shape index (κ1) is 16.2. The Morgan fingerprint density at radius 3 is 2.25 bits per heavy atom. The first-order valence-electron chi connectivity index (χ1n) is 8.18. The Kier molecular flexibility index (Phi) is 5.84. The molecule has 1 aliphatic heterocycles. The Balaban J connectivity index is 1.71. The van der Waals surface area contributed by atoms with E-state index < -0.39 is 0 Å². The van der Waals surface area contributed by atoms with Gasteiger partial charge < -0.3 is 19.7 Å². The molecule has 1 unspecified atom stereocenters. The van der Waals surface area contributed by atoms with E-state index >= 15 is 0 Å². The highest BCUT2D eigenvalue weighted by atomic mass is 16.7. The van der Waals surface area contributed by atoms with Gasteiger partial charge in [0.05, 0.1) is 13.2 Å². The molecule has 1 atom stereocenters. The lowest BCUT2D eigenvalue weighted by Crippen LogP contribution is -2.46. The highest BCUT2D eigenvalue weighted by Crippen LogP contribution is 2.35. The van der Waals surface area contributed by atoms with E-state index in [0.29, 0.717) is 12.1 Å². The summed E-state index contributed by atoms with van der Waals surface area (Å²) in [5, 5.41) is 3.76. The van der Waals surface area contributed by atoms with E-state index in [4.69, 9.17) is 9.47 Å². The van der Waals surface area contributed by atoms with E-state index in [0.717, 1.165) is 38.5 Å². The summed E-state index contributed by atoms with van der Waals surface area (Å²) in [4.78, 5) is 2.35. The van der Waals surface area contributed by atoms with E-state index in [1.165, 1.54) is 19.3 Å². The predicted molar refractivity (Wildman–Crippen MR) is 81.8 cm³/mol. The van der Waals surface area contributed by atoms with Gasteiger partial charge in [-0.15, -0.1) is 0 Å². The molecule has 0 aromatic heterocycles. The van der Waals surface area contributed by atoms with E-state index in [1.54, 1.807) is 0 Å². The second kappa shape index (κ2) is 7.21. The average molecular weight is 284 g/mol. The number of likely N-dealkylation sites (N-methyl/N-ethyl adjacent to an activating group) is 1. The summed E-state index contributed by atoms with van der Waals surface area (Å²) in [5.74, 6) is 0.524. The van der Waals surface area contributed by atoms with Crippen molar-refractivity contribution in [3.63, 3.8) is 0 Å². The molecule has 4 heteroatoms. The van der Waals surface area contributed by atoms with Gasteiger partial charge in [-0.3, -0.25) is 0 Å². The van der Waals surface area contributed by atoms with Gasteiger partial charge in [0.15, 0.2) is 5.79 Å². The molecule has 2 rings (SSSR count). The smallest absolute Gasteiger partial charge is 0.168 e. The van der Waals surface area contributed by atoms with Gasteiger partial charge in [-0.1, -0.05) is 13.8 Å². The van der Waals surface area contributed by atoms with Crippen LogP contribution in [-0.2, 0) is 9.47 Å². The van der Waals surface area contributed by atoms with Crippen LogP contribution in [0.1, 0.15) is 46.0 Å². The molecule has 2 aliphatic rings. The number of nitrogens with zero attached hydrogens (tertiary/aromatic N) is 1. The summed E-state index contributed by atoms with van der Waals surface area (Å²) in [6, 6.07) is 1.26. The molecule has 118 valence electrons. The van der Waals surface area contributed by atoms with Crippen LogP contribution < -0.4 is 5.32 Å². The maximum atomic E-state index is 5.79. The minimum Gasteiger partial charge on any atom is -0.348 e. The average Bonchev–Trinajstić information content (AvgIpc) is 2.84. The molecule has 1 spiro atoms. The molecular formula is C16H32N2O2. The molecule has 0 amide bonds. The fraction of sp³-hybridized carbons (Fsp3) is 1.00. The van der Waals surface area contributed by atoms with Crippen LogP contribution in [-0.4, -0.2) is 56.6 Å². The molecule has 0 bridgehead atoms. The van der Waals surface area contributed by atoms with Crippen molar-refractivity contribution in [2.24, 2.45) is 5.92 Å². The summed E-state index contributed by atoms with van der Waals surface area (Å²) in [6.45, 7) is 7.24. The first-order chi connectivity index (χ1) is 9.51. The number of hydrogen-bond acceptors (Lipinski definition) is 4. The van der Waals surface area contributed by atoms with Gasteiger partial charge in [0, 0.05) is 31.5 Å². The zero-order chi connectivity index (χ0) is 14.6.